The molecule has 2 saturated heterocycles. The number of aliphatic hydroxyl groups is 2. The van der Waals surface area contributed by atoms with Crippen LogP contribution < -0.4 is 9.64 Å². The first kappa shape index (κ1) is 40.8. The highest BCUT2D eigenvalue weighted by Gasteiger charge is 2.79. The smallest absolute Gasteiger partial charge is 0.322 e. The lowest BCUT2D eigenvalue weighted by Crippen LogP contribution is -2.80. The number of esters is 2. The number of piperidine rings is 1. The zero-order valence-electron chi connectivity index (χ0n) is 35.4. The van der Waals surface area contributed by atoms with Crippen molar-refractivity contribution in [1.29, 1.82) is 0 Å². The quantitative estimate of drug-likeness (QED) is 0.0655. The van der Waals surface area contributed by atoms with Gasteiger partial charge >= 0.3 is 11.9 Å². The number of aromatic amines is 1. The molecule has 2 aromatic carbocycles. The van der Waals surface area contributed by atoms with Crippen LogP contribution >= 0.6 is 0 Å². The van der Waals surface area contributed by atoms with Crippen LogP contribution in [-0.4, -0.2) is 127 Å². The van der Waals surface area contributed by atoms with Gasteiger partial charge in [0.05, 0.1) is 25.9 Å². The van der Waals surface area contributed by atoms with E-state index in [9.17, 15) is 20.5 Å². The molecule has 9 rings (SSSR count). The van der Waals surface area contributed by atoms with Crippen LogP contribution in [0.25, 0.3) is 21.3 Å². The van der Waals surface area contributed by atoms with Crippen molar-refractivity contribution in [2.24, 2.45) is 16.4 Å². The Kier molecular flexibility index (Phi) is 9.85. The van der Waals surface area contributed by atoms with E-state index in [0.717, 1.165) is 33.4 Å². The van der Waals surface area contributed by atoms with Gasteiger partial charge in [0.2, 0.25) is 5.79 Å². The lowest BCUT2D eigenvalue weighted by atomic mass is 9.50. The fraction of sp³-hybridized carbons (Fsp3) is 0.600. The molecule has 15 nitrogen and oxygen atoms in total. The average molecular weight is 824 g/mol. The third-order valence-electron chi connectivity index (χ3n) is 15.5. The van der Waals surface area contributed by atoms with E-state index in [4.69, 9.17) is 18.9 Å². The summed E-state index contributed by atoms with van der Waals surface area (Å²) >= 11 is 0. The van der Waals surface area contributed by atoms with E-state index in [-0.39, 0.29) is 12.0 Å². The molecule has 0 radical (unpaired) electrons. The van der Waals surface area contributed by atoms with Crippen molar-refractivity contribution in [2.45, 2.75) is 99.7 Å². The summed E-state index contributed by atoms with van der Waals surface area (Å²) in [7, 11) is 4.95. The second-order valence-electron chi connectivity index (χ2n) is 18.1. The number of ether oxygens (including phenoxy) is 4. The molecule has 6 heterocycles. The monoisotopic (exact) mass is 823 g/mol. The van der Waals surface area contributed by atoms with Crippen molar-refractivity contribution in [3.63, 3.8) is 0 Å². The number of nitrogens with zero attached hydrogens (tertiary/aromatic N) is 6. The van der Waals surface area contributed by atoms with Crippen LogP contribution in [0.1, 0.15) is 75.3 Å². The summed E-state index contributed by atoms with van der Waals surface area (Å²) in [6.45, 7) is 8.23. The predicted octanol–water partition coefficient (Wildman–Crippen LogP) is 5.06. The highest BCUT2D eigenvalue weighted by molar-refractivity contribution is 5.94. The second-order valence-corrected chi connectivity index (χ2v) is 18.1. The summed E-state index contributed by atoms with van der Waals surface area (Å²) in [6, 6.07) is 11.1. The maximum atomic E-state index is 15.3. The minimum atomic E-state index is -2.16. The maximum Gasteiger partial charge on any atom is 0.322 e. The molecule has 0 amide bonds. The van der Waals surface area contributed by atoms with Crippen molar-refractivity contribution in [3.05, 3.63) is 81.4 Å². The summed E-state index contributed by atoms with van der Waals surface area (Å²) in [5.74, 6) is -2.79. The van der Waals surface area contributed by atoms with Crippen LogP contribution in [0.5, 0.6) is 5.75 Å². The van der Waals surface area contributed by atoms with E-state index in [2.05, 4.69) is 49.1 Å². The van der Waals surface area contributed by atoms with E-state index in [1.165, 1.54) is 14.0 Å². The number of anilines is 1. The van der Waals surface area contributed by atoms with Crippen molar-refractivity contribution < 1.29 is 38.7 Å². The van der Waals surface area contributed by atoms with Gasteiger partial charge in [-0.2, -0.15) is 0 Å². The second kappa shape index (κ2) is 14.5. The average Bonchev–Trinajstić information content (AvgIpc) is 3.90. The summed E-state index contributed by atoms with van der Waals surface area (Å²) < 4.78 is 24.9. The number of H-pyrrole nitrogens is 1. The molecule has 1 spiro atoms. The zero-order valence-corrected chi connectivity index (χ0v) is 35.4. The fourth-order valence-corrected chi connectivity index (χ4v) is 13.4. The summed E-state index contributed by atoms with van der Waals surface area (Å²) in [5, 5.41) is 30.1. The van der Waals surface area contributed by atoms with Crippen molar-refractivity contribution in [1.82, 2.24) is 14.8 Å². The fourth-order valence-electron chi connectivity index (χ4n) is 13.4. The number of nitrogens with one attached hydrogen (secondary N) is 1. The first-order valence-corrected chi connectivity index (χ1v) is 21.4. The standard InChI is InChI=1S/C45H57N7O8/c1-7-41(55)22-28-23-44(40(54)58-6,36-30(14-18-51(24-28)25-41)29-12-9-10-13-33(29)48-36)32-20-31-34(21-35(32)57-5)50(4)38-43(31)16-19-52-17-11-15-42(8-2,37(43)52)39(60-27(3)53)45(38,56)59-26-47-49-46/h9-13,15,20-21,28,37-39,48,55-56H,7-8,14,16-19,22-26H2,1-6H3/t28?,37?,38?,39-,41+,42-,43?,44+,45-/m1/s1. The number of rotatable bonds is 9. The normalized spacial score (nSPS) is 36.5. The van der Waals surface area contributed by atoms with Gasteiger partial charge in [0, 0.05) is 95.8 Å². The number of hydrogen-bond donors (Lipinski definition) is 3. The number of aromatic nitrogens is 1. The van der Waals surface area contributed by atoms with Gasteiger partial charge < -0.3 is 39.0 Å². The highest BCUT2D eigenvalue weighted by Crippen LogP contribution is 2.68. The molecule has 2 bridgehead atoms. The minimum absolute atomic E-state index is 0.0942. The predicted molar refractivity (Wildman–Crippen MR) is 224 cm³/mol. The van der Waals surface area contributed by atoms with Crippen molar-refractivity contribution in [3.8, 4) is 5.75 Å². The van der Waals surface area contributed by atoms with Crippen LogP contribution in [-0.2, 0) is 41.1 Å². The Hall–Kier alpha value is -4.63. The molecule has 1 aromatic heterocycles. The number of methoxy groups -OCH3 is 2. The summed E-state index contributed by atoms with van der Waals surface area (Å²) in [5.41, 5.74) is 10.2. The molecule has 320 valence electrons. The maximum absolute atomic E-state index is 15.3. The molecule has 5 unspecified atom stereocenters. The number of para-hydroxylation sites is 1. The molecular weight excluding hydrogens is 767 g/mol. The molecule has 1 aliphatic carbocycles. The van der Waals surface area contributed by atoms with Gasteiger partial charge in [-0.3, -0.25) is 19.4 Å². The van der Waals surface area contributed by atoms with E-state index < -0.39 is 58.4 Å². The van der Waals surface area contributed by atoms with Crippen LogP contribution in [0.4, 0.5) is 5.69 Å². The van der Waals surface area contributed by atoms with E-state index in [1.54, 1.807) is 7.11 Å². The van der Waals surface area contributed by atoms with Crippen molar-refractivity contribution >= 4 is 28.5 Å². The molecule has 3 aromatic rings. The molecule has 6 aliphatic rings. The number of carbonyl (C=O) groups excluding carboxylic acids is 2. The van der Waals surface area contributed by atoms with Gasteiger partial charge in [-0.05, 0) is 79.8 Å². The SMILES string of the molecule is CC[C@]1(O)CC2CN(CCc3c([nH]c4ccccc34)[C@@](C(=O)OC)(c3cc4c(cc3OC)N(C)C3C45CCN4CC=C[C@](CC)(C45)[C@@H](OC(C)=O)[C@]3(O)OCN=[N+]=[N-])C2)C1. The third-order valence-corrected chi connectivity index (χ3v) is 15.5. The van der Waals surface area contributed by atoms with E-state index in [0.29, 0.717) is 82.6 Å². The molecule has 1 saturated carbocycles. The van der Waals surface area contributed by atoms with Crippen LogP contribution in [0, 0.1) is 11.3 Å². The van der Waals surface area contributed by atoms with Gasteiger partial charge in [-0.1, -0.05) is 49.3 Å². The molecular formula is C45H57N7O8. The number of carbonyl (C=O) groups is 2. The molecule has 3 fully saturated rings. The molecule has 3 N–H and O–H groups in total. The number of benzene rings is 2. The minimum Gasteiger partial charge on any atom is -0.496 e. The first-order chi connectivity index (χ1) is 28.8. The molecule has 10 atom stereocenters. The number of likely N-dealkylation sites (N-methyl/N-ethyl adjacent to an activating group) is 1. The van der Waals surface area contributed by atoms with Crippen molar-refractivity contribution in [2.75, 3.05) is 65.6 Å². The number of fused-ring (bicyclic) bond motifs is 6. The molecule has 5 aliphatic heterocycles. The molecule has 60 heavy (non-hydrogen) atoms. The Balaban J connectivity index is 1.35. The van der Waals surface area contributed by atoms with Gasteiger partial charge in [-0.15, -0.1) is 0 Å². The zero-order chi connectivity index (χ0) is 42.4. The van der Waals surface area contributed by atoms with Gasteiger partial charge in [-0.25, -0.2) is 0 Å². The first-order valence-electron chi connectivity index (χ1n) is 21.4. The molecule has 15 heteroatoms. The Bertz CT molecular complexity index is 2310. The van der Waals surface area contributed by atoms with Gasteiger partial charge in [0.15, 0.2) is 6.10 Å². The van der Waals surface area contributed by atoms with Gasteiger partial charge in [0.1, 0.15) is 17.9 Å². The Morgan fingerprint density at radius 3 is 2.58 bits per heavy atom. The Morgan fingerprint density at radius 2 is 1.87 bits per heavy atom. The van der Waals surface area contributed by atoms with Crippen LogP contribution in [0.3, 0.4) is 0 Å². The summed E-state index contributed by atoms with van der Waals surface area (Å²) in [6.07, 6.45) is 6.18. The summed E-state index contributed by atoms with van der Waals surface area (Å²) in [4.78, 5) is 41.8. The highest BCUT2D eigenvalue weighted by atomic mass is 16.7. The number of hydrogen-bond acceptors (Lipinski definition) is 12. The lowest BCUT2D eigenvalue weighted by Gasteiger charge is -2.64. The van der Waals surface area contributed by atoms with Crippen LogP contribution in [0.15, 0.2) is 53.7 Å². The Morgan fingerprint density at radius 1 is 1.07 bits per heavy atom. The Labute approximate surface area is 350 Å². The van der Waals surface area contributed by atoms with Crippen LogP contribution in [0.2, 0.25) is 0 Å². The third kappa shape index (κ3) is 5.48. The lowest BCUT2D eigenvalue weighted by molar-refractivity contribution is -0.322. The number of azide groups is 1. The topological polar surface area (TPSA) is 186 Å². The van der Waals surface area contributed by atoms with E-state index in [1.807, 2.05) is 50.1 Å². The largest absolute Gasteiger partial charge is 0.496 e. The van der Waals surface area contributed by atoms with E-state index >= 15 is 4.79 Å². The van der Waals surface area contributed by atoms with Gasteiger partial charge in [0.25, 0.3) is 0 Å².